The molecule has 0 aromatic rings. The Balaban J connectivity index is 2.88. The second kappa shape index (κ2) is 2.08. The van der Waals surface area contributed by atoms with E-state index in [1.807, 2.05) is 6.07 Å². The molecule has 0 aromatic carbocycles. The smallest absolute Gasteiger partial charge is 0.100 e. The molecule has 0 radical (unpaired) electrons. The zero-order valence-corrected chi connectivity index (χ0v) is 5.44. The van der Waals surface area contributed by atoms with Crippen LogP contribution >= 0.6 is 11.6 Å². The van der Waals surface area contributed by atoms with E-state index in [-0.39, 0.29) is 0 Å². The fraction of sp³-hybridized carbons (Fsp3) is 0. The van der Waals surface area contributed by atoms with Gasteiger partial charge in [0.25, 0.3) is 0 Å². The van der Waals surface area contributed by atoms with Crippen molar-refractivity contribution < 1.29 is 0 Å². The van der Waals surface area contributed by atoms with E-state index in [1.54, 1.807) is 6.08 Å². The fourth-order valence-corrected chi connectivity index (χ4v) is 0.890. The average molecular weight is 138 g/mol. The summed E-state index contributed by atoms with van der Waals surface area (Å²) in [4.78, 5) is 0. The predicted octanol–water partition coefficient (Wildman–Crippen LogP) is 2.13. The van der Waals surface area contributed by atoms with Crippen LogP contribution in [0.1, 0.15) is 0 Å². The lowest BCUT2D eigenvalue weighted by Crippen LogP contribution is -1.50. The van der Waals surface area contributed by atoms with Gasteiger partial charge in [-0.2, -0.15) is 5.26 Å². The van der Waals surface area contributed by atoms with Crippen molar-refractivity contribution in [1.82, 2.24) is 0 Å². The lowest BCUT2D eigenvalue weighted by atomic mass is 10.4. The Bertz CT molecular complexity index is 253. The van der Waals surface area contributed by atoms with Gasteiger partial charge in [-0.1, -0.05) is 24.3 Å². The van der Waals surface area contributed by atoms with Crippen LogP contribution < -0.4 is 0 Å². The topological polar surface area (TPSA) is 23.8 Å². The number of rotatable bonds is 1. The van der Waals surface area contributed by atoms with E-state index in [0.717, 1.165) is 11.1 Å². The van der Waals surface area contributed by atoms with Gasteiger partial charge in [0, 0.05) is 16.7 Å². The summed E-state index contributed by atoms with van der Waals surface area (Å²) in [5.74, 6) is 0. The molecule has 1 aliphatic carbocycles. The molecule has 0 bridgehead atoms. The van der Waals surface area contributed by atoms with Crippen LogP contribution in [-0.4, -0.2) is 0 Å². The Morgan fingerprint density at radius 1 is 1.67 bits per heavy atom. The molecule has 9 heavy (non-hydrogen) atoms. The quantitative estimate of drug-likeness (QED) is 0.543. The van der Waals surface area contributed by atoms with Crippen LogP contribution in [0, 0.1) is 11.3 Å². The maximum Gasteiger partial charge on any atom is 0.100 e. The van der Waals surface area contributed by atoms with Gasteiger partial charge in [-0.25, -0.2) is 0 Å². The zero-order chi connectivity index (χ0) is 6.85. The highest BCUT2D eigenvalue weighted by molar-refractivity contribution is 6.27. The number of hydrogen-bond acceptors (Lipinski definition) is 1. The molecule has 0 saturated carbocycles. The summed E-state index contributed by atoms with van der Waals surface area (Å²) < 4.78 is 0. The van der Waals surface area contributed by atoms with Crippen molar-refractivity contribution in [3.8, 4) is 6.07 Å². The maximum absolute atomic E-state index is 8.35. The predicted molar refractivity (Wildman–Crippen MR) is 36.8 cm³/mol. The van der Waals surface area contributed by atoms with E-state index < -0.39 is 0 Å². The van der Waals surface area contributed by atoms with Crippen molar-refractivity contribution in [2.75, 3.05) is 0 Å². The van der Waals surface area contributed by atoms with Crippen LogP contribution in [0.5, 0.6) is 0 Å². The van der Waals surface area contributed by atoms with E-state index in [1.165, 1.54) is 5.54 Å². The third-order valence-electron chi connectivity index (χ3n) is 1.19. The third-order valence-corrected chi connectivity index (χ3v) is 1.41. The summed E-state index contributed by atoms with van der Waals surface area (Å²) in [5.41, 5.74) is 3.77. The Morgan fingerprint density at radius 3 is 2.44 bits per heavy atom. The van der Waals surface area contributed by atoms with Gasteiger partial charge in [-0.05, 0) is 0 Å². The van der Waals surface area contributed by atoms with Gasteiger partial charge in [0.15, 0.2) is 0 Å². The molecule has 0 heterocycles. The minimum Gasteiger partial charge on any atom is -0.192 e. The molecule has 1 aliphatic rings. The standard InChI is InChI=1S/C7H4ClN/c1-2-5-6(3-8)7(5)4-9/h2-3H,1H2/b6-3-. The lowest BCUT2D eigenvalue weighted by Gasteiger charge is -1.67. The van der Waals surface area contributed by atoms with Crippen LogP contribution in [0.2, 0.25) is 0 Å². The highest BCUT2D eigenvalue weighted by atomic mass is 35.5. The van der Waals surface area contributed by atoms with E-state index in [4.69, 9.17) is 16.9 Å². The van der Waals surface area contributed by atoms with E-state index in [2.05, 4.69) is 6.58 Å². The lowest BCUT2D eigenvalue weighted by molar-refractivity contribution is 1.52. The van der Waals surface area contributed by atoms with Gasteiger partial charge >= 0.3 is 0 Å². The van der Waals surface area contributed by atoms with Crippen LogP contribution in [-0.2, 0) is 0 Å². The molecule has 2 heteroatoms. The number of nitrogens with zero attached hydrogens (tertiary/aromatic N) is 1. The molecular formula is C7H4ClN. The molecule has 44 valence electrons. The molecule has 0 amide bonds. The van der Waals surface area contributed by atoms with Crippen molar-refractivity contribution in [2.24, 2.45) is 0 Å². The second-order valence-electron chi connectivity index (χ2n) is 1.63. The zero-order valence-electron chi connectivity index (χ0n) is 4.69. The number of hydrogen-bond donors (Lipinski definition) is 0. The first-order chi connectivity index (χ1) is 4.35. The Morgan fingerprint density at radius 2 is 2.33 bits per heavy atom. The Labute approximate surface area is 58.6 Å². The summed E-state index contributed by atoms with van der Waals surface area (Å²) in [6.07, 6.45) is 1.63. The molecule has 0 fully saturated rings. The SMILES string of the molecule is C=CC1=C(C#N)C/1=C\Cl. The molecule has 0 aliphatic heterocycles. The molecule has 0 aromatic heterocycles. The Kier molecular flexibility index (Phi) is 1.42. The van der Waals surface area contributed by atoms with Crippen LogP contribution in [0.3, 0.4) is 0 Å². The fourth-order valence-electron chi connectivity index (χ4n) is 0.663. The van der Waals surface area contributed by atoms with Crippen LogP contribution in [0.25, 0.3) is 0 Å². The van der Waals surface area contributed by atoms with E-state index in [0.29, 0.717) is 5.57 Å². The minimum atomic E-state index is 0.667. The number of allylic oxidation sites excluding steroid dienone is 4. The third kappa shape index (κ3) is 0.778. The largest absolute Gasteiger partial charge is 0.192 e. The maximum atomic E-state index is 8.35. The van der Waals surface area contributed by atoms with Gasteiger partial charge in [0.2, 0.25) is 0 Å². The Hall–Kier alpha value is -1.00. The summed E-state index contributed by atoms with van der Waals surface area (Å²) in [6, 6.07) is 2.00. The molecule has 1 nitrogen and oxygen atoms in total. The summed E-state index contributed by atoms with van der Waals surface area (Å²) in [7, 11) is 0. The number of halogens is 1. The summed E-state index contributed by atoms with van der Waals surface area (Å²) in [5, 5.41) is 8.35. The molecule has 0 saturated heterocycles. The van der Waals surface area contributed by atoms with Crippen molar-refractivity contribution in [2.45, 2.75) is 0 Å². The molecule has 0 unspecified atom stereocenters. The number of nitriles is 1. The van der Waals surface area contributed by atoms with Gasteiger partial charge in [0.05, 0.1) is 5.57 Å². The highest BCUT2D eigenvalue weighted by Crippen LogP contribution is 2.38. The van der Waals surface area contributed by atoms with Crippen molar-refractivity contribution in [3.05, 3.63) is 34.9 Å². The highest BCUT2D eigenvalue weighted by Gasteiger charge is 2.25. The van der Waals surface area contributed by atoms with E-state index >= 15 is 0 Å². The van der Waals surface area contributed by atoms with Crippen molar-refractivity contribution >= 4 is 11.6 Å². The molecule has 0 N–H and O–H groups in total. The van der Waals surface area contributed by atoms with Crippen LogP contribution in [0.4, 0.5) is 0 Å². The van der Waals surface area contributed by atoms with Gasteiger partial charge in [0.1, 0.15) is 6.07 Å². The van der Waals surface area contributed by atoms with Gasteiger partial charge in [-0.3, -0.25) is 0 Å². The second-order valence-corrected chi connectivity index (χ2v) is 1.85. The van der Waals surface area contributed by atoms with Crippen molar-refractivity contribution in [1.29, 1.82) is 5.26 Å². The summed E-state index contributed by atoms with van der Waals surface area (Å²) >= 11 is 5.34. The normalized spacial score (nSPS) is 19.8. The van der Waals surface area contributed by atoms with Gasteiger partial charge in [-0.15, -0.1) is 0 Å². The van der Waals surface area contributed by atoms with Gasteiger partial charge < -0.3 is 0 Å². The molecule has 1 rings (SSSR count). The van der Waals surface area contributed by atoms with E-state index in [9.17, 15) is 0 Å². The minimum absolute atomic E-state index is 0.667. The first-order valence-electron chi connectivity index (χ1n) is 2.43. The first-order valence-corrected chi connectivity index (χ1v) is 2.86. The first kappa shape index (κ1) is 6.12. The summed E-state index contributed by atoms with van der Waals surface area (Å²) in [6.45, 7) is 3.51. The molecule has 0 atom stereocenters. The monoisotopic (exact) mass is 137 g/mol. The van der Waals surface area contributed by atoms with Crippen molar-refractivity contribution in [3.63, 3.8) is 0 Å². The van der Waals surface area contributed by atoms with Crippen LogP contribution in [0.15, 0.2) is 34.9 Å². The average Bonchev–Trinajstić information content (AvgIpc) is 2.59. The molecular weight excluding hydrogens is 134 g/mol. The molecule has 0 spiro atoms.